The second kappa shape index (κ2) is 7.49. The number of para-hydroxylation sites is 1. The van der Waals surface area contributed by atoms with Gasteiger partial charge in [-0.25, -0.2) is 4.39 Å². The Balaban J connectivity index is 1.57. The highest BCUT2D eigenvalue weighted by molar-refractivity contribution is 6.30. The number of nitrogens with zero attached hydrogens (tertiary/aromatic N) is 2. The summed E-state index contributed by atoms with van der Waals surface area (Å²) in [6, 6.07) is 14.0. The molecule has 0 spiro atoms. The Morgan fingerprint density at radius 3 is 2.33 bits per heavy atom. The summed E-state index contributed by atoms with van der Waals surface area (Å²) in [6.45, 7) is 2.42. The molecule has 3 nitrogen and oxygen atoms in total. The summed E-state index contributed by atoms with van der Waals surface area (Å²) < 4.78 is 13.8. The van der Waals surface area contributed by atoms with E-state index in [9.17, 15) is 9.18 Å². The van der Waals surface area contributed by atoms with Gasteiger partial charge in [0.25, 0.3) is 0 Å². The van der Waals surface area contributed by atoms with Crippen LogP contribution < -0.4 is 4.90 Å². The van der Waals surface area contributed by atoms with Crippen LogP contribution in [0.4, 0.5) is 10.1 Å². The lowest BCUT2D eigenvalue weighted by Crippen LogP contribution is -2.48. The van der Waals surface area contributed by atoms with Gasteiger partial charge in [0.05, 0.1) is 5.69 Å². The van der Waals surface area contributed by atoms with Crippen molar-refractivity contribution in [2.45, 2.75) is 0 Å². The Kier molecular flexibility index (Phi) is 5.16. The van der Waals surface area contributed by atoms with Gasteiger partial charge in [-0.3, -0.25) is 4.79 Å². The van der Waals surface area contributed by atoms with Crippen LogP contribution in [0.3, 0.4) is 0 Å². The number of hydrogen-bond acceptors (Lipinski definition) is 2. The summed E-state index contributed by atoms with van der Waals surface area (Å²) in [5, 5.41) is 0.669. The van der Waals surface area contributed by atoms with Gasteiger partial charge in [0.2, 0.25) is 5.91 Å². The molecule has 0 N–H and O–H groups in total. The maximum absolute atomic E-state index is 13.8. The highest BCUT2D eigenvalue weighted by atomic mass is 35.5. The van der Waals surface area contributed by atoms with E-state index >= 15 is 0 Å². The van der Waals surface area contributed by atoms with Crippen molar-refractivity contribution in [3.8, 4) is 0 Å². The molecule has 1 amide bonds. The molecule has 0 radical (unpaired) electrons. The Morgan fingerprint density at radius 2 is 1.67 bits per heavy atom. The monoisotopic (exact) mass is 344 g/mol. The zero-order valence-corrected chi connectivity index (χ0v) is 13.9. The van der Waals surface area contributed by atoms with Gasteiger partial charge < -0.3 is 9.80 Å². The zero-order chi connectivity index (χ0) is 16.9. The second-order valence-electron chi connectivity index (χ2n) is 5.65. The van der Waals surface area contributed by atoms with E-state index in [0.29, 0.717) is 36.9 Å². The summed E-state index contributed by atoms with van der Waals surface area (Å²) in [6.07, 6.45) is 3.35. The van der Waals surface area contributed by atoms with Crippen LogP contribution in [0.2, 0.25) is 5.02 Å². The largest absolute Gasteiger partial charge is 0.366 e. The summed E-state index contributed by atoms with van der Waals surface area (Å²) in [7, 11) is 0. The third kappa shape index (κ3) is 3.95. The Hall–Kier alpha value is -2.33. The topological polar surface area (TPSA) is 23.6 Å². The van der Waals surface area contributed by atoms with E-state index in [1.165, 1.54) is 6.07 Å². The van der Waals surface area contributed by atoms with Crippen LogP contribution in [0, 0.1) is 5.82 Å². The average molecular weight is 345 g/mol. The van der Waals surface area contributed by atoms with Crippen molar-refractivity contribution in [1.29, 1.82) is 0 Å². The lowest BCUT2D eigenvalue weighted by atomic mass is 10.2. The van der Waals surface area contributed by atoms with Crippen molar-refractivity contribution < 1.29 is 9.18 Å². The standard InChI is InChI=1S/C19H18ClFN2O/c20-16-8-5-15(6-9-16)7-10-19(24)23-13-11-22(12-14-23)18-4-2-1-3-17(18)21/h1-10H,11-14H2/b10-7+. The molecule has 1 fully saturated rings. The van der Waals surface area contributed by atoms with Crippen LogP contribution in [0.25, 0.3) is 6.08 Å². The van der Waals surface area contributed by atoms with Gasteiger partial charge in [-0.15, -0.1) is 0 Å². The summed E-state index contributed by atoms with van der Waals surface area (Å²) in [5.74, 6) is -0.252. The van der Waals surface area contributed by atoms with Gasteiger partial charge in [-0.05, 0) is 35.9 Å². The number of carbonyl (C=O) groups excluding carboxylic acids is 1. The Labute approximate surface area is 145 Å². The van der Waals surface area contributed by atoms with E-state index in [4.69, 9.17) is 11.6 Å². The first-order valence-corrected chi connectivity index (χ1v) is 8.23. The highest BCUT2D eigenvalue weighted by Gasteiger charge is 2.21. The second-order valence-corrected chi connectivity index (χ2v) is 6.09. The molecule has 24 heavy (non-hydrogen) atoms. The van der Waals surface area contributed by atoms with Gasteiger partial charge in [0.15, 0.2) is 0 Å². The quantitative estimate of drug-likeness (QED) is 0.790. The van der Waals surface area contributed by atoms with Crippen molar-refractivity contribution in [1.82, 2.24) is 4.90 Å². The number of benzene rings is 2. The number of halogens is 2. The molecule has 2 aromatic rings. The zero-order valence-electron chi connectivity index (χ0n) is 13.2. The van der Waals surface area contributed by atoms with Crippen LogP contribution >= 0.6 is 11.6 Å². The fraction of sp³-hybridized carbons (Fsp3) is 0.211. The SMILES string of the molecule is O=C(/C=C/c1ccc(Cl)cc1)N1CCN(c2ccccc2F)CC1. The summed E-state index contributed by atoms with van der Waals surface area (Å²) in [4.78, 5) is 16.0. The van der Waals surface area contributed by atoms with Crippen LogP contribution in [0.15, 0.2) is 54.6 Å². The fourth-order valence-electron chi connectivity index (χ4n) is 2.72. The van der Waals surface area contributed by atoms with E-state index in [1.807, 2.05) is 23.1 Å². The van der Waals surface area contributed by atoms with E-state index in [0.717, 1.165) is 5.56 Å². The minimum absolute atomic E-state index is 0.0295. The minimum atomic E-state index is -0.222. The molecule has 1 saturated heterocycles. The molecule has 1 aliphatic rings. The normalized spacial score (nSPS) is 15.1. The van der Waals surface area contributed by atoms with Crippen LogP contribution in [0.1, 0.15) is 5.56 Å². The Morgan fingerprint density at radius 1 is 1.00 bits per heavy atom. The average Bonchev–Trinajstić information content (AvgIpc) is 2.61. The maximum atomic E-state index is 13.8. The van der Waals surface area contributed by atoms with Gasteiger partial charge in [-0.1, -0.05) is 35.9 Å². The number of anilines is 1. The molecule has 0 unspecified atom stereocenters. The minimum Gasteiger partial charge on any atom is -0.366 e. The van der Waals surface area contributed by atoms with E-state index in [-0.39, 0.29) is 11.7 Å². The first-order chi connectivity index (χ1) is 11.6. The molecule has 1 aliphatic heterocycles. The summed E-state index contributed by atoms with van der Waals surface area (Å²) in [5.41, 5.74) is 1.53. The maximum Gasteiger partial charge on any atom is 0.246 e. The molecule has 0 bridgehead atoms. The first-order valence-electron chi connectivity index (χ1n) is 7.85. The fourth-order valence-corrected chi connectivity index (χ4v) is 2.85. The van der Waals surface area contributed by atoms with E-state index in [1.54, 1.807) is 41.3 Å². The van der Waals surface area contributed by atoms with E-state index in [2.05, 4.69) is 0 Å². The molecule has 0 atom stereocenters. The number of amides is 1. The lowest BCUT2D eigenvalue weighted by Gasteiger charge is -2.35. The summed E-state index contributed by atoms with van der Waals surface area (Å²) >= 11 is 5.84. The number of piperazine rings is 1. The van der Waals surface area contributed by atoms with Gasteiger partial charge in [0.1, 0.15) is 5.82 Å². The molecular formula is C19H18ClFN2O. The number of carbonyl (C=O) groups is 1. The lowest BCUT2D eigenvalue weighted by molar-refractivity contribution is -0.126. The van der Waals surface area contributed by atoms with Crippen molar-refractivity contribution in [2.24, 2.45) is 0 Å². The molecule has 0 aliphatic carbocycles. The smallest absolute Gasteiger partial charge is 0.246 e. The van der Waals surface area contributed by atoms with Crippen LogP contribution in [0.5, 0.6) is 0 Å². The Bertz CT molecular complexity index is 737. The highest BCUT2D eigenvalue weighted by Crippen LogP contribution is 2.20. The first kappa shape index (κ1) is 16.5. The van der Waals surface area contributed by atoms with Crippen molar-refractivity contribution in [3.63, 3.8) is 0 Å². The van der Waals surface area contributed by atoms with Crippen molar-refractivity contribution in [2.75, 3.05) is 31.1 Å². The van der Waals surface area contributed by atoms with Gasteiger partial charge in [-0.2, -0.15) is 0 Å². The molecule has 0 saturated carbocycles. The van der Waals surface area contributed by atoms with Gasteiger partial charge in [0, 0.05) is 37.3 Å². The predicted molar refractivity (Wildman–Crippen MR) is 95.7 cm³/mol. The van der Waals surface area contributed by atoms with Crippen LogP contribution in [-0.2, 0) is 4.79 Å². The number of hydrogen-bond donors (Lipinski definition) is 0. The van der Waals surface area contributed by atoms with E-state index < -0.39 is 0 Å². The third-order valence-corrected chi connectivity index (χ3v) is 4.32. The van der Waals surface area contributed by atoms with Gasteiger partial charge >= 0.3 is 0 Å². The molecule has 5 heteroatoms. The van der Waals surface area contributed by atoms with Crippen molar-refractivity contribution in [3.05, 3.63) is 71.0 Å². The number of rotatable bonds is 3. The molecular weight excluding hydrogens is 327 g/mol. The molecule has 124 valence electrons. The molecule has 2 aromatic carbocycles. The van der Waals surface area contributed by atoms with Crippen molar-refractivity contribution >= 4 is 29.3 Å². The molecule has 1 heterocycles. The van der Waals surface area contributed by atoms with Crippen LogP contribution in [-0.4, -0.2) is 37.0 Å². The third-order valence-electron chi connectivity index (χ3n) is 4.07. The molecule has 3 rings (SSSR count). The molecule has 0 aromatic heterocycles. The predicted octanol–water partition coefficient (Wildman–Crippen LogP) is 3.84.